The van der Waals surface area contributed by atoms with Crippen molar-refractivity contribution in [3.05, 3.63) is 70.3 Å². The van der Waals surface area contributed by atoms with Crippen molar-refractivity contribution in [2.24, 2.45) is 0 Å². The SMILES string of the molecule is CCn1ncc(/C=C/C(=O)Nc2c(C)nn(Cc3ccccc3C)c2C)c1C. The van der Waals surface area contributed by atoms with Crippen LogP contribution in [0.3, 0.4) is 0 Å². The van der Waals surface area contributed by atoms with Crippen LogP contribution in [0.1, 0.15) is 40.7 Å². The number of nitrogens with one attached hydrogen (secondary N) is 1. The molecule has 0 radical (unpaired) electrons. The first-order chi connectivity index (χ1) is 13.4. The van der Waals surface area contributed by atoms with E-state index < -0.39 is 0 Å². The van der Waals surface area contributed by atoms with Crippen molar-refractivity contribution in [1.29, 1.82) is 0 Å². The summed E-state index contributed by atoms with van der Waals surface area (Å²) in [6.07, 6.45) is 5.12. The number of anilines is 1. The van der Waals surface area contributed by atoms with Gasteiger partial charge in [-0.3, -0.25) is 14.2 Å². The molecule has 1 N–H and O–H groups in total. The van der Waals surface area contributed by atoms with E-state index in [1.165, 1.54) is 11.1 Å². The van der Waals surface area contributed by atoms with Gasteiger partial charge in [0.1, 0.15) is 0 Å². The summed E-state index contributed by atoms with van der Waals surface area (Å²) in [5, 5.41) is 11.9. The van der Waals surface area contributed by atoms with Crippen LogP contribution in [-0.4, -0.2) is 25.5 Å². The largest absolute Gasteiger partial charge is 0.319 e. The molecule has 0 aliphatic heterocycles. The lowest BCUT2D eigenvalue weighted by atomic mass is 10.1. The number of benzene rings is 1. The molecule has 0 spiro atoms. The van der Waals surface area contributed by atoms with Crippen LogP contribution in [0.4, 0.5) is 5.69 Å². The van der Waals surface area contributed by atoms with Gasteiger partial charge in [-0.1, -0.05) is 24.3 Å². The second-order valence-corrected chi connectivity index (χ2v) is 6.95. The van der Waals surface area contributed by atoms with Crippen molar-refractivity contribution in [1.82, 2.24) is 19.6 Å². The number of nitrogens with zero attached hydrogens (tertiary/aromatic N) is 4. The Morgan fingerprint density at radius 3 is 2.54 bits per heavy atom. The third-order valence-corrected chi connectivity index (χ3v) is 5.07. The molecule has 0 atom stereocenters. The number of amides is 1. The van der Waals surface area contributed by atoms with E-state index in [0.717, 1.165) is 34.9 Å². The van der Waals surface area contributed by atoms with E-state index in [-0.39, 0.29) is 5.91 Å². The molecule has 3 rings (SSSR count). The molecule has 1 aromatic carbocycles. The number of carbonyl (C=O) groups excluding carboxylic acids is 1. The molecule has 3 aromatic rings. The maximum atomic E-state index is 12.4. The van der Waals surface area contributed by atoms with Gasteiger partial charge >= 0.3 is 0 Å². The lowest BCUT2D eigenvalue weighted by Crippen LogP contribution is -2.10. The van der Waals surface area contributed by atoms with Crippen LogP contribution in [0.15, 0.2) is 36.5 Å². The molecular formula is C22H27N5O. The highest BCUT2D eigenvalue weighted by Crippen LogP contribution is 2.21. The standard InChI is InChI=1S/C22H27N5O/c1-6-26-17(4)19(13-23-26)11-12-21(28)24-22-16(3)25-27(18(22)5)14-20-10-8-7-9-15(20)2/h7-13H,6,14H2,1-5H3,(H,24,28)/b12-11+. The van der Waals surface area contributed by atoms with E-state index in [4.69, 9.17) is 0 Å². The average molecular weight is 377 g/mol. The Morgan fingerprint density at radius 1 is 1.11 bits per heavy atom. The summed E-state index contributed by atoms with van der Waals surface area (Å²) >= 11 is 0. The highest BCUT2D eigenvalue weighted by molar-refractivity contribution is 6.02. The Kier molecular flexibility index (Phi) is 5.78. The zero-order chi connectivity index (χ0) is 20.3. The quantitative estimate of drug-likeness (QED) is 0.660. The van der Waals surface area contributed by atoms with Crippen molar-refractivity contribution in [3.8, 4) is 0 Å². The Hall–Kier alpha value is -3.15. The lowest BCUT2D eigenvalue weighted by molar-refractivity contribution is -0.111. The van der Waals surface area contributed by atoms with Crippen LogP contribution in [0.25, 0.3) is 6.08 Å². The fourth-order valence-electron chi connectivity index (χ4n) is 3.25. The maximum absolute atomic E-state index is 12.4. The van der Waals surface area contributed by atoms with Crippen LogP contribution in [0.2, 0.25) is 0 Å². The first-order valence-corrected chi connectivity index (χ1v) is 9.50. The first-order valence-electron chi connectivity index (χ1n) is 9.50. The molecule has 0 aliphatic carbocycles. The van der Waals surface area contributed by atoms with Gasteiger partial charge in [0.05, 0.1) is 29.8 Å². The van der Waals surface area contributed by atoms with Crippen molar-refractivity contribution in [2.45, 2.75) is 47.7 Å². The van der Waals surface area contributed by atoms with E-state index in [0.29, 0.717) is 6.54 Å². The molecule has 2 heterocycles. The van der Waals surface area contributed by atoms with E-state index in [9.17, 15) is 4.79 Å². The zero-order valence-electron chi connectivity index (χ0n) is 17.2. The molecule has 0 saturated heterocycles. The zero-order valence-corrected chi connectivity index (χ0v) is 17.2. The van der Waals surface area contributed by atoms with Gasteiger partial charge in [-0.05, 0) is 51.8 Å². The number of aryl methyl sites for hydroxylation is 3. The highest BCUT2D eigenvalue weighted by Gasteiger charge is 2.14. The normalized spacial score (nSPS) is 11.3. The van der Waals surface area contributed by atoms with Crippen LogP contribution >= 0.6 is 0 Å². The molecule has 146 valence electrons. The van der Waals surface area contributed by atoms with Gasteiger partial charge in [0, 0.05) is 23.9 Å². The molecule has 6 heteroatoms. The minimum atomic E-state index is -0.176. The van der Waals surface area contributed by atoms with E-state index in [1.54, 1.807) is 18.3 Å². The van der Waals surface area contributed by atoms with E-state index in [1.807, 2.05) is 49.2 Å². The monoisotopic (exact) mass is 377 g/mol. The summed E-state index contributed by atoms with van der Waals surface area (Å²) in [6.45, 7) is 11.5. The Balaban J connectivity index is 1.74. The Bertz CT molecular complexity index is 1030. The van der Waals surface area contributed by atoms with Crippen molar-refractivity contribution >= 4 is 17.7 Å². The van der Waals surface area contributed by atoms with Crippen LogP contribution in [0.5, 0.6) is 0 Å². The average Bonchev–Trinajstić information content (AvgIpc) is 3.16. The second-order valence-electron chi connectivity index (χ2n) is 6.95. The summed E-state index contributed by atoms with van der Waals surface area (Å²) in [4.78, 5) is 12.4. The van der Waals surface area contributed by atoms with E-state index >= 15 is 0 Å². The Labute approximate surface area is 165 Å². The maximum Gasteiger partial charge on any atom is 0.248 e. The van der Waals surface area contributed by atoms with Gasteiger partial charge in [0.15, 0.2) is 0 Å². The fourth-order valence-corrected chi connectivity index (χ4v) is 3.25. The number of carbonyl (C=O) groups is 1. The predicted molar refractivity (Wildman–Crippen MR) is 112 cm³/mol. The van der Waals surface area contributed by atoms with Gasteiger partial charge in [-0.2, -0.15) is 10.2 Å². The number of aromatic nitrogens is 4. The summed E-state index contributed by atoms with van der Waals surface area (Å²) in [5.41, 5.74) is 6.95. The summed E-state index contributed by atoms with van der Waals surface area (Å²) in [5.74, 6) is -0.176. The van der Waals surface area contributed by atoms with Crippen LogP contribution < -0.4 is 5.32 Å². The molecule has 28 heavy (non-hydrogen) atoms. The molecule has 0 aliphatic rings. The minimum Gasteiger partial charge on any atom is -0.319 e. The fraction of sp³-hybridized carbons (Fsp3) is 0.318. The molecule has 0 saturated carbocycles. The second kappa shape index (κ2) is 8.25. The van der Waals surface area contributed by atoms with Crippen LogP contribution in [0, 0.1) is 27.7 Å². The van der Waals surface area contributed by atoms with Crippen LogP contribution in [-0.2, 0) is 17.9 Å². The molecule has 6 nitrogen and oxygen atoms in total. The molecule has 1 amide bonds. The van der Waals surface area contributed by atoms with E-state index in [2.05, 4.69) is 34.6 Å². The molecular weight excluding hydrogens is 350 g/mol. The number of hydrogen-bond donors (Lipinski definition) is 1. The third-order valence-electron chi connectivity index (χ3n) is 5.07. The van der Waals surface area contributed by atoms with Gasteiger partial charge in [-0.25, -0.2) is 0 Å². The molecule has 0 fully saturated rings. The van der Waals surface area contributed by atoms with Crippen molar-refractivity contribution in [3.63, 3.8) is 0 Å². The van der Waals surface area contributed by atoms with Crippen molar-refractivity contribution in [2.75, 3.05) is 5.32 Å². The van der Waals surface area contributed by atoms with Gasteiger partial charge in [0.25, 0.3) is 0 Å². The molecule has 0 unspecified atom stereocenters. The third kappa shape index (κ3) is 4.06. The predicted octanol–water partition coefficient (Wildman–Crippen LogP) is 4.03. The smallest absolute Gasteiger partial charge is 0.248 e. The summed E-state index contributed by atoms with van der Waals surface area (Å²) in [7, 11) is 0. The minimum absolute atomic E-state index is 0.176. The molecule has 0 bridgehead atoms. The topological polar surface area (TPSA) is 64.7 Å². The van der Waals surface area contributed by atoms with Gasteiger partial charge < -0.3 is 5.32 Å². The van der Waals surface area contributed by atoms with Gasteiger partial charge in [0.2, 0.25) is 5.91 Å². The highest BCUT2D eigenvalue weighted by atomic mass is 16.1. The first kappa shape index (κ1) is 19.6. The lowest BCUT2D eigenvalue weighted by Gasteiger charge is -2.08. The summed E-state index contributed by atoms with van der Waals surface area (Å²) < 4.78 is 3.84. The number of rotatable bonds is 6. The summed E-state index contributed by atoms with van der Waals surface area (Å²) in [6, 6.07) is 8.26. The number of hydrogen-bond acceptors (Lipinski definition) is 3. The Morgan fingerprint density at radius 2 is 1.86 bits per heavy atom. The molecule has 2 aromatic heterocycles. The van der Waals surface area contributed by atoms with Crippen molar-refractivity contribution < 1.29 is 4.79 Å². The van der Waals surface area contributed by atoms with Gasteiger partial charge in [-0.15, -0.1) is 0 Å².